The first-order valence-electron chi connectivity index (χ1n) is 53.0. The average molecular weight is 2000 g/mol. The monoisotopic (exact) mass is 2000 g/mol. The van der Waals surface area contributed by atoms with Crippen molar-refractivity contribution in [1.82, 2.24) is 102 Å². The van der Waals surface area contributed by atoms with Gasteiger partial charge in [-0.1, -0.05) is 187 Å². The smallest absolute Gasteiger partial charge is 0.287 e. The van der Waals surface area contributed by atoms with Gasteiger partial charge in [-0.15, -0.1) is 25.5 Å². The standard InChI is InChI=1S/C22H30N4O4.2C21H28N4O4.C20H26N4O4.C20H26N4O3S/c1-13-8-19(30-14(13)2)22(27)23-17-11-28-21-18(12-29-20(17)21)26-10-16(24-25-26)9-15-6-4-3-5-7-15;1-13-7-8-27-18(13)21(26)22-16-11-28-20-17(12-29-19(16)20)25-10-15(23-24-25)9-14-5-3-2-4-6-14;1-13-7-8-18(29-13)21(26)22-16-11-27-20-17(12-28-19(16)20)25-10-15(23-24-25)9-14-5-3-2-4-6-14;25-20(17-7-4-8-26-17)21-15-11-27-19-16(12-28-18(15)19)24-10-14(22-23-24)9-13-5-2-1-3-6-13;25-20(14-6-7-28-12-14)21-16-10-26-19-17(11-27-18(16)19)24-9-15(22-23-24)8-13-4-2-1-3-5-13/h8,10,15,17-18,20-21H,3-7,9,11-12H2,1-2H3,(H,23,27);2*7-8,10,14,16-17,19-20H,2-6,9,11-12H2,1H3,(H,22,26);4,7-8,10,13,15-16,18-19H,1-3,5-6,9,11-12H2,(H,21,25);6-7,9,12-13,16-19H,1-5,8,10-11H2,(H,21,25). The number of rotatable bonds is 25. The molecule has 15 aliphatic rings. The molecule has 5 amide bonds. The maximum Gasteiger partial charge on any atom is 0.287 e. The number of aromatic nitrogens is 15. The van der Waals surface area contributed by atoms with E-state index in [9.17, 15) is 24.0 Å². The highest BCUT2D eigenvalue weighted by atomic mass is 32.1. The number of ether oxygens (including phenoxy) is 10. The number of carbonyl (C=O) groups excluding carboxylic acids is 5. The summed E-state index contributed by atoms with van der Waals surface area (Å²) in [7, 11) is 0. The number of hydrogen-bond acceptors (Lipinski definition) is 30. The summed E-state index contributed by atoms with van der Waals surface area (Å²) < 4.78 is 90.9. The Bertz CT molecular complexity index is 5680. The predicted molar refractivity (Wildman–Crippen MR) is 518 cm³/mol. The first-order chi connectivity index (χ1) is 70.5. The number of nitrogens with zero attached hydrogens (tertiary/aromatic N) is 15. The van der Waals surface area contributed by atoms with Crippen LogP contribution in [0.4, 0.5) is 0 Å². The molecule has 25 rings (SSSR count). The predicted octanol–water partition coefficient (Wildman–Crippen LogP) is 12.4. The third-order valence-electron chi connectivity index (χ3n) is 32.3. The lowest BCUT2D eigenvalue weighted by atomic mass is 9.86. The Morgan fingerprint density at radius 2 is 0.639 bits per heavy atom. The van der Waals surface area contributed by atoms with Gasteiger partial charge in [0.25, 0.3) is 29.5 Å². The molecule has 20 unspecified atom stereocenters. The first kappa shape index (κ1) is 99.4. The molecule has 20 atom stereocenters. The lowest BCUT2D eigenvalue weighted by Gasteiger charge is -2.20. The van der Waals surface area contributed by atoms with Gasteiger partial charge >= 0.3 is 0 Å². The van der Waals surface area contributed by atoms with Crippen molar-refractivity contribution in [3.05, 3.63) is 176 Å². The number of hydrogen-bond donors (Lipinski definition) is 5. The van der Waals surface area contributed by atoms with Crippen LogP contribution in [-0.4, -0.2) is 262 Å². The minimum Gasteiger partial charge on any atom is -0.459 e. The van der Waals surface area contributed by atoms with Crippen LogP contribution in [-0.2, 0) is 79.5 Å². The van der Waals surface area contributed by atoms with Crippen molar-refractivity contribution in [1.29, 1.82) is 0 Å². The highest BCUT2D eigenvalue weighted by Crippen LogP contribution is 2.43. The van der Waals surface area contributed by atoms with E-state index < -0.39 is 0 Å². The molecule has 0 radical (unpaired) electrons. The van der Waals surface area contributed by atoms with Gasteiger partial charge in [-0.25, -0.2) is 23.4 Å². The molecule has 5 aliphatic carbocycles. The summed E-state index contributed by atoms with van der Waals surface area (Å²) in [5.74, 6) is 5.37. The molecule has 15 fully saturated rings. The van der Waals surface area contributed by atoms with Crippen molar-refractivity contribution in [2.24, 2.45) is 29.6 Å². The fourth-order valence-electron chi connectivity index (χ4n) is 24.3. The summed E-state index contributed by atoms with van der Waals surface area (Å²) >= 11 is 1.52. The molecule has 20 heterocycles. The summed E-state index contributed by atoms with van der Waals surface area (Å²) in [6.07, 6.45) is 49.9. The molecular weight excluding hydrogens is 1870 g/mol. The Morgan fingerprint density at radius 1 is 0.319 bits per heavy atom. The molecule has 40 heteroatoms. The molecule has 774 valence electrons. The van der Waals surface area contributed by atoms with Crippen LogP contribution in [0.1, 0.15) is 294 Å². The largest absolute Gasteiger partial charge is 0.459 e. The van der Waals surface area contributed by atoms with E-state index in [0.717, 1.165) is 107 Å². The average Bonchev–Trinajstić information content (AvgIpc) is 1.65. The second kappa shape index (κ2) is 46.3. The maximum absolute atomic E-state index is 12.6. The van der Waals surface area contributed by atoms with Crippen LogP contribution >= 0.6 is 11.3 Å². The van der Waals surface area contributed by atoms with Gasteiger partial charge in [0.2, 0.25) is 0 Å². The van der Waals surface area contributed by atoms with Crippen LogP contribution in [0.2, 0.25) is 0 Å². The summed E-state index contributed by atoms with van der Waals surface area (Å²) in [6.45, 7) is 12.1. The van der Waals surface area contributed by atoms with E-state index in [4.69, 9.17) is 65.0 Å². The summed E-state index contributed by atoms with van der Waals surface area (Å²) in [5, 5.41) is 62.6. The van der Waals surface area contributed by atoms with Gasteiger partial charge < -0.3 is 91.6 Å². The van der Waals surface area contributed by atoms with E-state index in [1.165, 1.54) is 184 Å². The van der Waals surface area contributed by atoms with E-state index in [0.29, 0.717) is 100 Å². The molecule has 10 aromatic rings. The fraction of sp³-hybridized carbons (Fsp3) is 0.663. The first-order valence-corrected chi connectivity index (χ1v) is 53.9. The number of nitrogens with one attached hydrogen (secondary N) is 5. The van der Waals surface area contributed by atoms with Crippen molar-refractivity contribution in [2.45, 2.75) is 342 Å². The topological polar surface area (TPSA) is 444 Å². The molecule has 5 saturated carbocycles. The highest BCUT2D eigenvalue weighted by Gasteiger charge is 2.55. The van der Waals surface area contributed by atoms with Crippen molar-refractivity contribution >= 4 is 40.9 Å². The van der Waals surface area contributed by atoms with Crippen LogP contribution in [0.3, 0.4) is 0 Å². The van der Waals surface area contributed by atoms with Crippen molar-refractivity contribution in [2.75, 3.05) is 66.1 Å². The van der Waals surface area contributed by atoms with Crippen molar-refractivity contribution < 1.29 is 89.0 Å². The Hall–Kier alpha value is -10.5. The van der Waals surface area contributed by atoms with Gasteiger partial charge in [-0.05, 0) is 143 Å². The van der Waals surface area contributed by atoms with Crippen LogP contribution in [0.15, 0.2) is 114 Å². The lowest BCUT2D eigenvalue weighted by Crippen LogP contribution is -2.44. The Labute approximate surface area is 840 Å². The van der Waals surface area contributed by atoms with Gasteiger partial charge in [-0.3, -0.25) is 24.0 Å². The van der Waals surface area contributed by atoms with Crippen LogP contribution in [0, 0.1) is 57.3 Å². The molecule has 10 aromatic heterocycles. The van der Waals surface area contributed by atoms with Crippen LogP contribution in [0.5, 0.6) is 0 Å². The van der Waals surface area contributed by atoms with E-state index in [-0.39, 0.29) is 151 Å². The minimum absolute atomic E-state index is 0.0110. The number of amides is 5. The molecular formula is C104H138N20O19S. The number of aryl methyl sites for hydroxylation is 4. The highest BCUT2D eigenvalue weighted by molar-refractivity contribution is 7.08. The molecule has 10 aliphatic heterocycles. The molecule has 5 N–H and O–H groups in total. The second-order valence-electron chi connectivity index (χ2n) is 42.4. The zero-order chi connectivity index (χ0) is 98.1. The quantitative estimate of drug-likeness (QED) is 0.0355. The summed E-state index contributed by atoms with van der Waals surface area (Å²) in [4.78, 5) is 62.0. The summed E-state index contributed by atoms with van der Waals surface area (Å²) in [5.41, 5.74) is 7.74. The zero-order valence-electron chi connectivity index (χ0n) is 82.8. The second-order valence-corrected chi connectivity index (χ2v) is 43.2. The fourth-order valence-corrected chi connectivity index (χ4v) is 24.9. The minimum atomic E-state index is -0.248. The number of carbonyl (C=O) groups is 5. The summed E-state index contributed by atoms with van der Waals surface area (Å²) in [6, 6.07) is 11.2. The Morgan fingerprint density at radius 3 is 0.924 bits per heavy atom. The van der Waals surface area contributed by atoms with E-state index >= 15 is 0 Å². The number of fused-ring (bicyclic) bond motifs is 5. The Kier molecular flexibility index (Phi) is 31.9. The van der Waals surface area contributed by atoms with Crippen molar-refractivity contribution in [3.63, 3.8) is 0 Å². The number of thiophene rings is 1. The normalized spacial score (nSPS) is 29.9. The van der Waals surface area contributed by atoms with E-state index in [1.807, 2.05) is 86.5 Å². The van der Waals surface area contributed by atoms with Gasteiger partial charge in [0.05, 0.1) is 137 Å². The third kappa shape index (κ3) is 23.4. The van der Waals surface area contributed by atoms with E-state index in [1.54, 1.807) is 36.4 Å². The lowest BCUT2D eigenvalue weighted by molar-refractivity contribution is 0.0611. The van der Waals surface area contributed by atoms with Gasteiger partial charge in [0.15, 0.2) is 23.0 Å². The van der Waals surface area contributed by atoms with Crippen LogP contribution < -0.4 is 26.6 Å². The zero-order valence-corrected chi connectivity index (χ0v) is 83.6. The molecule has 0 spiro atoms. The van der Waals surface area contributed by atoms with Gasteiger partial charge in [-0.2, -0.15) is 11.3 Å². The van der Waals surface area contributed by atoms with E-state index in [2.05, 4.69) is 90.5 Å². The Balaban J connectivity index is 0.000000106. The molecule has 0 bridgehead atoms. The maximum atomic E-state index is 12.6. The molecule has 0 aromatic carbocycles. The number of furan rings is 4. The van der Waals surface area contributed by atoms with Crippen LogP contribution in [0.25, 0.3) is 0 Å². The molecule has 10 saturated heterocycles. The molecule has 39 nitrogen and oxygen atoms in total. The third-order valence-corrected chi connectivity index (χ3v) is 33.0. The van der Waals surface area contributed by atoms with Crippen molar-refractivity contribution in [3.8, 4) is 0 Å². The van der Waals surface area contributed by atoms with Gasteiger partial charge in [0.1, 0.15) is 103 Å². The SMILES string of the molecule is Cc1cc(C(=O)NC2COC3C2OCC3n2cc(CC3CCCCC3)nn2)oc1C.Cc1ccc(C(=O)NC2COC3C2OCC3n2cc(CC3CCCCC3)nn2)o1.Cc1ccoc1C(=O)NC1COC2C1OCC2n1cc(CC2CCCCC2)nn1.O=C(NC1COC2C1OCC2n1cc(CC2CCCCC2)nn1)c1ccco1.O=C(NC1COC2C1OCC2n1cc(CC2CCCCC2)nn1)c1ccsc1. The van der Waals surface area contributed by atoms with Gasteiger partial charge in [0, 0.05) is 47.5 Å². The molecule has 144 heavy (non-hydrogen) atoms.